The first-order chi connectivity index (χ1) is 7.19. The third kappa shape index (κ3) is 2.03. The standard InChI is InChI=1S/C11H13N3O/c1-3-10-5-11-12-6-9(4-8(2)15)7-14(11)13-10/h5-7H,3-4H2,1-2H3. The fourth-order valence-electron chi connectivity index (χ4n) is 1.52. The van der Waals surface area contributed by atoms with E-state index in [2.05, 4.69) is 17.0 Å². The van der Waals surface area contributed by atoms with Crippen LogP contribution in [0.1, 0.15) is 25.1 Å². The van der Waals surface area contributed by atoms with Crippen LogP contribution < -0.4 is 0 Å². The van der Waals surface area contributed by atoms with Crippen molar-refractivity contribution in [2.24, 2.45) is 0 Å². The summed E-state index contributed by atoms with van der Waals surface area (Å²) in [6.45, 7) is 3.63. The molecule has 0 spiro atoms. The molecular formula is C11H13N3O. The van der Waals surface area contributed by atoms with Gasteiger partial charge in [0.25, 0.3) is 0 Å². The Bertz CT molecular complexity index is 502. The number of aromatic nitrogens is 3. The Balaban J connectivity index is 2.41. The number of carbonyl (C=O) groups excluding carboxylic acids is 1. The van der Waals surface area contributed by atoms with Gasteiger partial charge < -0.3 is 0 Å². The summed E-state index contributed by atoms with van der Waals surface area (Å²) < 4.78 is 1.73. The van der Waals surface area contributed by atoms with Crippen LogP contribution in [-0.2, 0) is 17.6 Å². The zero-order valence-corrected chi connectivity index (χ0v) is 8.90. The molecule has 0 unspecified atom stereocenters. The number of hydrogen-bond donors (Lipinski definition) is 0. The van der Waals surface area contributed by atoms with Crippen LogP contribution in [-0.4, -0.2) is 20.4 Å². The summed E-state index contributed by atoms with van der Waals surface area (Å²) in [4.78, 5) is 15.2. The number of carbonyl (C=O) groups is 1. The molecule has 0 radical (unpaired) electrons. The van der Waals surface area contributed by atoms with Crippen LogP contribution in [0.3, 0.4) is 0 Å². The predicted molar refractivity (Wildman–Crippen MR) is 56.8 cm³/mol. The number of ketones is 1. The molecule has 2 rings (SSSR count). The minimum atomic E-state index is 0.138. The van der Waals surface area contributed by atoms with Gasteiger partial charge in [-0.2, -0.15) is 5.10 Å². The summed E-state index contributed by atoms with van der Waals surface area (Å²) in [5, 5.41) is 4.34. The van der Waals surface area contributed by atoms with Gasteiger partial charge in [0, 0.05) is 24.9 Å². The van der Waals surface area contributed by atoms with Gasteiger partial charge in [-0.15, -0.1) is 0 Å². The topological polar surface area (TPSA) is 47.3 Å². The molecule has 0 saturated carbocycles. The van der Waals surface area contributed by atoms with Gasteiger partial charge in [0.05, 0.1) is 5.69 Å². The van der Waals surface area contributed by atoms with Crippen molar-refractivity contribution in [3.63, 3.8) is 0 Å². The summed E-state index contributed by atoms with van der Waals surface area (Å²) in [6, 6.07) is 1.96. The van der Waals surface area contributed by atoms with Crippen LogP contribution in [0.4, 0.5) is 0 Å². The van der Waals surface area contributed by atoms with E-state index in [0.717, 1.165) is 23.3 Å². The Hall–Kier alpha value is -1.71. The van der Waals surface area contributed by atoms with Crippen molar-refractivity contribution in [1.82, 2.24) is 14.6 Å². The van der Waals surface area contributed by atoms with E-state index in [4.69, 9.17) is 0 Å². The number of hydrogen-bond acceptors (Lipinski definition) is 3. The number of rotatable bonds is 3. The molecule has 0 atom stereocenters. The maximum atomic E-state index is 11.0. The molecule has 0 aliphatic carbocycles. The maximum absolute atomic E-state index is 11.0. The molecule has 15 heavy (non-hydrogen) atoms. The lowest BCUT2D eigenvalue weighted by atomic mass is 10.2. The smallest absolute Gasteiger partial charge is 0.155 e. The summed E-state index contributed by atoms with van der Waals surface area (Å²) >= 11 is 0. The van der Waals surface area contributed by atoms with Crippen molar-refractivity contribution in [1.29, 1.82) is 0 Å². The third-order valence-electron chi connectivity index (χ3n) is 2.23. The van der Waals surface area contributed by atoms with Gasteiger partial charge in [0.15, 0.2) is 5.65 Å². The second kappa shape index (κ2) is 3.81. The van der Waals surface area contributed by atoms with E-state index in [9.17, 15) is 4.79 Å². The molecule has 0 aliphatic heterocycles. The Morgan fingerprint density at radius 2 is 2.33 bits per heavy atom. The minimum Gasteiger partial charge on any atom is -0.300 e. The Kier molecular flexibility index (Phi) is 2.49. The Morgan fingerprint density at radius 1 is 1.53 bits per heavy atom. The molecule has 0 saturated heterocycles. The first kappa shape index (κ1) is 9.83. The second-order valence-corrected chi connectivity index (χ2v) is 3.63. The lowest BCUT2D eigenvalue weighted by Gasteiger charge is -1.97. The van der Waals surface area contributed by atoms with E-state index in [-0.39, 0.29) is 5.78 Å². The molecular weight excluding hydrogens is 190 g/mol. The van der Waals surface area contributed by atoms with E-state index in [1.54, 1.807) is 17.6 Å². The summed E-state index contributed by atoms with van der Waals surface area (Å²) in [6.07, 6.45) is 4.91. The normalized spacial score (nSPS) is 10.8. The van der Waals surface area contributed by atoms with E-state index in [1.165, 1.54) is 0 Å². The average molecular weight is 203 g/mol. The van der Waals surface area contributed by atoms with Gasteiger partial charge in [-0.05, 0) is 18.9 Å². The molecule has 0 aliphatic rings. The van der Waals surface area contributed by atoms with E-state index in [1.807, 2.05) is 12.3 Å². The van der Waals surface area contributed by atoms with Crippen molar-refractivity contribution in [3.05, 3.63) is 29.7 Å². The van der Waals surface area contributed by atoms with Crippen LogP contribution in [0.2, 0.25) is 0 Å². The fraction of sp³-hybridized carbons (Fsp3) is 0.364. The molecule has 2 heterocycles. The summed E-state index contributed by atoms with van der Waals surface area (Å²) in [7, 11) is 0. The number of fused-ring (bicyclic) bond motifs is 1. The lowest BCUT2D eigenvalue weighted by Crippen LogP contribution is -2.00. The van der Waals surface area contributed by atoms with Crippen LogP contribution >= 0.6 is 0 Å². The zero-order chi connectivity index (χ0) is 10.8. The van der Waals surface area contributed by atoms with Crippen LogP contribution in [0, 0.1) is 0 Å². The highest BCUT2D eigenvalue weighted by atomic mass is 16.1. The monoisotopic (exact) mass is 203 g/mol. The molecule has 0 amide bonds. The van der Waals surface area contributed by atoms with Crippen molar-refractivity contribution >= 4 is 11.4 Å². The Morgan fingerprint density at radius 3 is 3.00 bits per heavy atom. The van der Waals surface area contributed by atoms with Gasteiger partial charge >= 0.3 is 0 Å². The van der Waals surface area contributed by atoms with Gasteiger partial charge in [-0.3, -0.25) is 4.79 Å². The summed E-state index contributed by atoms with van der Waals surface area (Å²) in [5.74, 6) is 0.138. The van der Waals surface area contributed by atoms with E-state index in [0.29, 0.717) is 6.42 Å². The predicted octanol–water partition coefficient (Wildman–Crippen LogP) is 1.42. The van der Waals surface area contributed by atoms with Gasteiger partial charge in [-0.1, -0.05) is 6.92 Å². The Labute approximate surface area is 87.9 Å². The molecule has 0 fully saturated rings. The highest BCUT2D eigenvalue weighted by Gasteiger charge is 2.03. The van der Waals surface area contributed by atoms with E-state index >= 15 is 0 Å². The second-order valence-electron chi connectivity index (χ2n) is 3.63. The average Bonchev–Trinajstić information content (AvgIpc) is 2.58. The molecule has 0 aromatic carbocycles. The molecule has 2 aromatic heterocycles. The van der Waals surface area contributed by atoms with Crippen molar-refractivity contribution in [2.45, 2.75) is 26.7 Å². The fourth-order valence-corrected chi connectivity index (χ4v) is 1.52. The minimum absolute atomic E-state index is 0.138. The SMILES string of the molecule is CCc1cc2ncc(CC(C)=O)cn2n1. The first-order valence-corrected chi connectivity index (χ1v) is 5.01. The molecule has 2 aromatic rings. The molecule has 78 valence electrons. The molecule has 4 nitrogen and oxygen atoms in total. The quantitative estimate of drug-likeness (QED) is 0.758. The molecule has 4 heteroatoms. The highest BCUT2D eigenvalue weighted by molar-refractivity contribution is 5.78. The van der Waals surface area contributed by atoms with Crippen LogP contribution in [0.15, 0.2) is 18.5 Å². The van der Waals surface area contributed by atoms with Gasteiger partial charge in [0.1, 0.15) is 5.78 Å². The zero-order valence-electron chi connectivity index (χ0n) is 8.90. The summed E-state index contributed by atoms with van der Waals surface area (Å²) in [5.41, 5.74) is 2.75. The third-order valence-corrected chi connectivity index (χ3v) is 2.23. The maximum Gasteiger partial charge on any atom is 0.155 e. The van der Waals surface area contributed by atoms with Gasteiger partial charge in [0.2, 0.25) is 0 Å². The first-order valence-electron chi connectivity index (χ1n) is 5.01. The van der Waals surface area contributed by atoms with Gasteiger partial charge in [-0.25, -0.2) is 9.50 Å². The molecule has 0 N–H and O–H groups in total. The number of nitrogens with zero attached hydrogens (tertiary/aromatic N) is 3. The van der Waals surface area contributed by atoms with Crippen LogP contribution in [0.5, 0.6) is 0 Å². The number of Topliss-reactive ketones (excluding diaryl/α,β-unsaturated/α-hetero) is 1. The van der Waals surface area contributed by atoms with Crippen molar-refractivity contribution in [2.75, 3.05) is 0 Å². The largest absolute Gasteiger partial charge is 0.300 e. The number of aryl methyl sites for hydroxylation is 1. The molecule has 0 bridgehead atoms. The van der Waals surface area contributed by atoms with Crippen molar-refractivity contribution in [3.8, 4) is 0 Å². The van der Waals surface area contributed by atoms with Crippen LogP contribution in [0.25, 0.3) is 5.65 Å². The van der Waals surface area contributed by atoms with E-state index < -0.39 is 0 Å². The lowest BCUT2D eigenvalue weighted by molar-refractivity contribution is -0.116. The van der Waals surface area contributed by atoms with Crippen molar-refractivity contribution < 1.29 is 4.79 Å². The highest BCUT2D eigenvalue weighted by Crippen LogP contribution is 2.06.